The first-order valence-electron chi connectivity index (χ1n) is 5.86. The number of hydrogen-bond acceptors (Lipinski definition) is 6. The van der Waals surface area contributed by atoms with Crippen molar-refractivity contribution in [3.63, 3.8) is 0 Å². The number of hydrogen-bond donors (Lipinski definition) is 1. The maximum atomic E-state index is 4.53. The summed E-state index contributed by atoms with van der Waals surface area (Å²) in [5.41, 5.74) is 2.91. The molecule has 0 atom stereocenters. The normalized spacial score (nSPS) is 10.4. The number of aromatic nitrogens is 3. The van der Waals surface area contributed by atoms with E-state index in [1.54, 1.807) is 11.3 Å². The van der Waals surface area contributed by atoms with Crippen molar-refractivity contribution in [2.24, 2.45) is 0 Å². The number of anilines is 2. The van der Waals surface area contributed by atoms with Crippen molar-refractivity contribution in [2.75, 3.05) is 24.3 Å². The maximum absolute atomic E-state index is 4.53. The predicted octanol–water partition coefficient (Wildman–Crippen LogP) is 2.17. The third-order valence-electron chi connectivity index (χ3n) is 2.61. The van der Waals surface area contributed by atoms with Crippen molar-refractivity contribution in [2.45, 2.75) is 19.9 Å². The molecule has 0 aromatic carbocycles. The second kappa shape index (κ2) is 5.77. The summed E-state index contributed by atoms with van der Waals surface area (Å²) in [6, 6.07) is 1.95. The van der Waals surface area contributed by atoms with E-state index >= 15 is 0 Å². The molecule has 0 radical (unpaired) electrons. The Morgan fingerprint density at radius 1 is 1.39 bits per heavy atom. The van der Waals surface area contributed by atoms with Gasteiger partial charge in [0.15, 0.2) is 0 Å². The van der Waals surface area contributed by atoms with Crippen molar-refractivity contribution in [3.8, 4) is 0 Å². The van der Waals surface area contributed by atoms with Crippen molar-refractivity contribution in [1.29, 1.82) is 0 Å². The molecule has 0 aliphatic carbocycles. The van der Waals surface area contributed by atoms with Crippen molar-refractivity contribution < 1.29 is 0 Å². The number of thiazole rings is 1. The Morgan fingerprint density at radius 2 is 2.22 bits per heavy atom. The Bertz CT molecular complexity index is 475. The molecule has 0 bridgehead atoms. The molecule has 0 saturated carbocycles. The average Bonchev–Trinajstić information content (AvgIpc) is 2.90. The van der Waals surface area contributed by atoms with E-state index < -0.39 is 0 Å². The smallest absolute Gasteiger partial charge is 0.134 e. The van der Waals surface area contributed by atoms with E-state index in [1.807, 2.05) is 25.7 Å². The molecule has 0 saturated heterocycles. The topological polar surface area (TPSA) is 53.9 Å². The molecule has 2 rings (SSSR count). The Morgan fingerprint density at radius 3 is 2.83 bits per heavy atom. The molecule has 5 nitrogen and oxygen atoms in total. The summed E-state index contributed by atoms with van der Waals surface area (Å²) >= 11 is 1.61. The molecule has 1 N–H and O–H groups in total. The Hall–Kier alpha value is -1.69. The highest BCUT2D eigenvalue weighted by Crippen LogP contribution is 2.17. The number of nitrogens with zero attached hydrogens (tertiary/aromatic N) is 4. The van der Waals surface area contributed by atoms with Gasteiger partial charge in [0.05, 0.1) is 17.7 Å². The Balaban J connectivity index is 2.20. The van der Waals surface area contributed by atoms with Gasteiger partial charge in [0, 0.05) is 32.0 Å². The fourth-order valence-electron chi connectivity index (χ4n) is 1.60. The van der Waals surface area contributed by atoms with Gasteiger partial charge in [-0.05, 0) is 0 Å². The molecular formula is C12H17N5S. The highest BCUT2D eigenvalue weighted by molar-refractivity contribution is 7.07. The lowest BCUT2D eigenvalue weighted by Gasteiger charge is -2.18. The van der Waals surface area contributed by atoms with E-state index in [9.17, 15) is 0 Å². The van der Waals surface area contributed by atoms with E-state index in [-0.39, 0.29) is 0 Å². The summed E-state index contributed by atoms with van der Waals surface area (Å²) in [5.74, 6) is 2.61. The minimum Gasteiger partial charge on any atom is -0.373 e. The van der Waals surface area contributed by atoms with Gasteiger partial charge in [-0.3, -0.25) is 0 Å². The zero-order chi connectivity index (χ0) is 13.0. The molecular weight excluding hydrogens is 246 g/mol. The van der Waals surface area contributed by atoms with Crippen LogP contribution in [-0.4, -0.2) is 29.0 Å². The molecule has 6 heteroatoms. The fourth-order valence-corrected chi connectivity index (χ4v) is 2.15. The first-order valence-corrected chi connectivity index (χ1v) is 6.81. The highest BCUT2D eigenvalue weighted by atomic mass is 32.1. The molecule has 2 aromatic heterocycles. The van der Waals surface area contributed by atoms with Gasteiger partial charge in [0.25, 0.3) is 0 Å². The van der Waals surface area contributed by atoms with E-state index in [4.69, 9.17) is 0 Å². The molecule has 0 aliphatic rings. The largest absolute Gasteiger partial charge is 0.373 e. The average molecular weight is 263 g/mol. The van der Waals surface area contributed by atoms with E-state index in [0.717, 1.165) is 36.1 Å². The molecule has 0 fully saturated rings. The Labute approximate surface area is 111 Å². The first-order chi connectivity index (χ1) is 8.72. The third-order valence-corrected chi connectivity index (χ3v) is 3.24. The monoisotopic (exact) mass is 263 g/mol. The molecule has 2 heterocycles. The quantitative estimate of drug-likeness (QED) is 0.896. The van der Waals surface area contributed by atoms with Crippen LogP contribution in [0.1, 0.15) is 18.4 Å². The van der Waals surface area contributed by atoms with Crippen LogP contribution in [0.25, 0.3) is 0 Å². The molecule has 0 unspecified atom stereocenters. The maximum Gasteiger partial charge on any atom is 0.134 e. The van der Waals surface area contributed by atoms with Gasteiger partial charge in [-0.15, -0.1) is 11.3 Å². The van der Waals surface area contributed by atoms with Crippen LogP contribution in [-0.2, 0) is 13.0 Å². The van der Waals surface area contributed by atoms with Gasteiger partial charge >= 0.3 is 0 Å². The number of nitrogens with one attached hydrogen (secondary N) is 1. The third kappa shape index (κ3) is 2.95. The van der Waals surface area contributed by atoms with E-state index in [2.05, 4.69) is 37.5 Å². The van der Waals surface area contributed by atoms with Gasteiger partial charge in [0.1, 0.15) is 17.5 Å². The van der Waals surface area contributed by atoms with Crippen LogP contribution >= 0.6 is 11.3 Å². The lowest BCUT2D eigenvalue weighted by molar-refractivity contribution is 0.846. The minimum absolute atomic E-state index is 0.757. The van der Waals surface area contributed by atoms with E-state index in [0.29, 0.717) is 0 Å². The van der Waals surface area contributed by atoms with Crippen LogP contribution in [0.4, 0.5) is 11.6 Å². The first kappa shape index (κ1) is 12.8. The minimum atomic E-state index is 0.757. The van der Waals surface area contributed by atoms with Crippen LogP contribution < -0.4 is 10.2 Å². The molecule has 0 spiro atoms. The van der Waals surface area contributed by atoms with Gasteiger partial charge < -0.3 is 10.2 Å². The zero-order valence-electron chi connectivity index (χ0n) is 10.8. The summed E-state index contributed by atoms with van der Waals surface area (Å²) in [6.07, 6.45) is 0.826. The number of rotatable bonds is 5. The molecule has 18 heavy (non-hydrogen) atoms. The number of aryl methyl sites for hydroxylation is 1. The SMILES string of the molecule is CCc1nc(NC)cc(N(C)Cc2cscn2)n1. The summed E-state index contributed by atoms with van der Waals surface area (Å²) < 4.78 is 0. The van der Waals surface area contributed by atoms with Crippen LogP contribution in [0.3, 0.4) is 0 Å². The lowest BCUT2D eigenvalue weighted by atomic mass is 10.4. The van der Waals surface area contributed by atoms with Crippen LogP contribution in [0.5, 0.6) is 0 Å². The summed E-state index contributed by atoms with van der Waals surface area (Å²) in [6.45, 7) is 2.81. The highest BCUT2D eigenvalue weighted by Gasteiger charge is 2.08. The van der Waals surface area contributed by atoms with Crippen molar-refractivity contribution in [1.82, 2.24) is 15.0 Å². The van der Waals surface area contributed by atoms with Gasteiger partial charge in [0.2, 0.25) is 0 Å². The molecule has 2 aromatic rings. The molecule has 0 aliphatic heterocycles. The van der Waals surface area contributed by atoms with Gasteiger partial charge in [-0.25, -0.2) is 15.0 Å². The zero-order valence-corrected chi connectivity index (χ0v) is 11.7. The second-order valence-corrected chi connectivity index (χ2v) is 4.69. The van der Waals surface area contributed by atoms with Crippen molar-refractivity contribution >= 4 is 23.0 Å². The summed E-state index contributed by atoms with van der Waals surface area (Å²) in [7, 11) is 3.88. The van der Waals surface area contributed by atoms with Crippen molar-refractivity contribution in [3.05, 3.63) is 28.5 Å². The molecule has 96 valence electrons. The van der Waals surface area contributed by atoms with Crippen LogP contribution in [0, 0.1) is 0 Å². The fraction of sp³-hybridized carbons (Fsp3) is 0.417. The lowest BCUT2D eigenvalue weighted by Crippen LogP contribution is -2.19. The summed E-state index contributed by atoms with van der Waals surface area (Å²) in [4.78, 5) is 15.3. The second-order valence-electron chi connectivity index (χ2n) is 3.97. The summed E-state index contributed by atoms with van der Waals surface area (Å²) in [5, 5.41) is 5.12. The predicted molar refractivity (Wildman–Crippen MR) is 75.2 cm³/mol. The Kier molecular flexibility index (Phi) is 4.09. The van der Waals surface area contributed by atoms with Crippen LogP contribution in [0.2, 0.25) is 0 Å². The van der Waals surface area contributed by atoms with Gasteiger partial charge in [-0.1, -0.05) is 6.92 Å². The standard InChI is InChI=1S/C12H17N5S/c1-4-10-15-11(13-2)5-12(16-10)17(3)6-9-7-18-8-14-9/h5,7-8H,4,6H2,1-3H3,(H,13,15,16). The van der Waals surface area contributed by atoms with E-state index in [1.165, 1.54) is 0 Å². The molecule has 0 amide bonds. The van der Waals surface area contributed by atoms with Crippen LogP contribution in [0.15, 0.2) is 17.0 Å². The van der Waals surface area contributed by atoms with Gasteiger partial charge in [-0.2, -0.15) is 0 Å².